The first-order valence-corrected chi connectivity index (χ1v) is 34.3. The average molecular weight is 666 g/mol. The molecule has 0 spiro atoms. The van der Waals surface area contributed by atoms with Gasteiger partial charge in [-0.25, -0.2) is 0 Å². The van der Waals surface area contributed by atoms with Crippen molar-refractivity contribution in [3.63, 3.8) is 0 Å². The molecular formula is C28H64SiSn2. The summed E-state index contributed by atoms with van der Waals surface area (Å²) in [5.74, 6) is 0. The van der Waals surface area contributed by atoms with Gasteiger partial charge in [-0.2, -0.15) is 0 Å². The topological polar surface area (TPSA) is 0 Å². The summed E-state index contributed by atoms with van der Waals surface area (Å²) in [5.41, 5.74) is 0. The van der Waals surface area contributed by atoms with Crippen molar-refractivity contribution in [3.05, 3.63) is 0 Å². The molecule has 0 nitrogen and oxygen atoms in total. The van der Waals surface area contributed by atoms with Crippen LogP contribution in [-0.2, 0) is 0 Å². The van der Waals surface area contributed by atoms with Crippen molar-refractivity contribution in [2.24, 2.45) is 0 Å². The summed E-state index contributed by atoms with van der Waals surface area (Å²) in [6.45, 7) is 20.5. The fraction of sp³-hybridized carbons (Fsp3) is 1.00. The standard InChI is InChI=1S/C4H10Si.6C4H9.2Sn/c1-5(2,3)4;6*1-3-4-2;;/h1-2H2,3-4H3;6*1,3-4H2,2H3;;. The van der Waals surface area contributed by atoms with Crippen molar-refractivity contribution >= 4 is 44.8 Å². The Kier molecular flexibility index (Phi) is 20.2. The van der Waals surface area contributed by atoms with Crippen LogP contribution in [0, 0.1) is 0 Å². The van der Waals surface area contributed by atoms with Gasteiger partial charge < -0.3 is 0 Å². The third-order valence-corrected chi connectivity index (χ3v) is 64.9. The second-order valence-electron chi connectivity index (χ2n) is 12.1. The molecular weight excluding hydrogens is 602 g/mol. The van der Waals surface area contributed by atoms with Crippen LogP contribution in [-0.4, -0.2) is 44.8 Å². The minimum absolute atomic E-state index is 1.09. The van der Waals surface area contributed by atoms with E-state index in [2.05, 4.69) is 54.6 Å². The normalized spacial score (nSPS) is 13.2. The number of unbranched alkanes of at least 4 members (excludes halogenated alkanes) is 6. The predicted octanol–water partition coefficient (Wildman–Crippen LogP) is 11.5. The third kappa shape index (κ3) is 14.7. The molecule has 0 aliphatic heterocycles. The van der Waals surface area contributed by atoms with Crippen LogP contribution in [0.5, 0.6) is 0 Å². The van der Waals surface area contributed by atoms with Crippen LogP contribution in [0.2, 0.25) is 47.8 Å². The molecule has 0 saturated carbocycles. The van der Waals surface area contributed by atoms with Crippen molar-refractivity contribution in [1.29, 1.82) is 0 Å². The first-order valence-electron chi connectivity index (χ1n) is 14.8. The van der Waals surface area contributed by atoms with Crippen LogP contribution in [0.1, 0.15) is 119 Å². The Bertz CT molecular complexity index is 328. The van der Waals surface area contributed by atoms with E-state index in [0.29, 0.717) is 0 Å². The van der Waals surface area contributed by atoms with Crippen LogP contribution >= 0.6 is 0 Å². The molecule has 0 aliphatic rings. The van der Waals surface area contributed by atoms with Crippen molar-refractivity contribution < 1.29 is 0 Å². The van der Waals surface area contributed by atoms with Gasteiger partial charge in [-0.1, -0.05) is 0 Å². The quantitative estimate of drug-likeness (QED) is 0.101. The average Bonchev–Trinajstić information content (AvgIpc) is 2.75. The molecule has 0 amide bonds. The van der Waals surface area contributed by atoms with Crippen LogP contribution < -0.4 is 0 Å². The van der Waals surface area contributed by atoms with Gasteiger partial charge in [0.15, 0.2) is 0 Å². The second-order valence-corrected chi connectivity index (χ2v) is 48.9. The van der Waals surface area contributed by atoms with E-state index in [0.717, 1.165) is 0 Å². The Balaban J connectivity index is 5.75. The zero-order valence-corrected chi connectivity index (χ0v) is 30.4. The number of hydrogen-bond donors (Lipinski definition) is 0. The molecule has 3 heteroatoms. The molecule has 0 aliphatic carbocycles. The SMILES string of the molecule is CCC[CH2][Sn]([CH2]CCC)([CH2]CCC)[CH2][Si](C)(C)[CH2][Sn]([CH2]CCC)([CH2]CCC)[CH2]CCC. The Morgan fingerprint density at radius 2 is 0.581 bits per heavy atom. The van der Waals surface area contributed by atoms with Gasteiger partial charge in [0, 0.05) is 0 Å². The van der Waals surface area contributed by atoms with Gasteiger partial charge in [0.2, 0.25) is 0 Å². The van der Waals surface area contributed by atoms with Crippen molar-refractivity contribution in [2.45, 2.75) is 166 Å². The molecule has 0 atom stereocenters. The summed E-state index contributed by atoms with van der Waals surface area (Å²) in [6.07, 6.45) is 18.0. The van der Waals surface area contributed by atoms with Gasteiger partial charge in [0.25, 0.3) is 0 Å². The molecule has 0 aromatic rings. The monoisotopic (exact) mass is 668 g/mol. The molecule has 188 valence electrons. The Morgan fingerprint density at radius 1 is 0.387 bits per heavy atom. The molecule has 0 heterocycles. The molecule has 0 aromatic heterocycles. The molecule has 0 aromatic carbocycles. The zero-order chi connectivity index (χ0) is 23.6. The van der Waals surface area contributed by atoms with E-state index >= 15 is 0 Å². The maximum absolute atomic E-state index is 2.90. The van der Waals surface area contributed by atoms with Crippen molar-refractivity contribution in [3.8, 4) is 0 Å². The fourth-order valence-corrected chi connectivity index (χ4v) is 87.2. The summed E-state index contributed by atoms with van der Waals surface area (Å²) >= 11 is -4.01. The van der Waals surface area contributed by atoms with E-state index in [1.807, 2.05) is 8.12 Å². The van der Waals surface area contributed by atoms with Crippen LogP contribution in [0.15, 0.2) is 0 Å². The van der Waals surface area contributed by atoms with E-state index in [1.165, 1.54) is 38.5 Å². The molecule has 0 saturated heterocycles. The molecule has 0 N–H and O–H groups in total. The molecule has 0 unspecified atom stereocenters. The zero-order valence-electron chi connectivity index (χ0n) is 23.6. The molecule has 0 rings (SSSR count). The van der Waals surface area contributed by atoms with Crippen LogP contribution in [0.3, 0.4) is 0 Å². The van der Waals surface area contributed by atoms with Gasteiger partial charge in [-0.3, -0.25) is 0 Å². The summed E-state index contributed by atoms with van der Waals surface area (Å²) < 4.78 is 14.2. The van der Waals surface area contributed by atoms with Crippen LogP contribution in [0.25, 0.3) is 0 Å². The third-order valence-electron chi connectivity index (χ3n) is 8.07. The van der Waals surface area contributed by atoms with Crippen molar-refractivity contribution in [2.75, 3.05) is 0 Å². The van der Waals surface area contributed by atoms with Crippen LogP contribution in [0.4, 0.5) is 0 Å². The summed E-state index contributed by atoms with van der Waals surface area (Å²) in [5, 5.41) is 0. The minimum atomic E-state index is -2.00. The molecule has 31 heavy (non-hydrogen) atoms. The molecule has 0 bridgehead atoms. The maximum atomic E-state index is 2.90. The number of hydrogen-bond acceptors (Lipinski definition) is 0. The van der Waals surface area contributed by atoms with E-state index in [9.17, 15) is 0 Å². The Labute approximate surface area is 209 Å². The van der Waals surface area contributed by atoms with E-state index in [1.54, 1.807) is 65.1 Å². The fourth-order valence-electron chi connectivity index (χ4n) is 6.68. The van der Waals surface area contributed by atoms with Gasteiger partial charge in [0.05, 0.1) is 0 Å². The van der Waals surface area contributed by atoms with Gasteiger partial charge in [-0.05, 0) is 0 Å². The van der Waals surface area contributed by atoms with Crippen molar-refractivity contribution in [1.82, 2.24) is 0 Å². The Morgan fingerprint density at radius 3 is 0.742 bits per heavy atom. The van der Waals surface area contributed by atoms with E-state index in [4.69, 9.17) is 0 Å². The summed E-state index contributed by atoms with van der Waals surface area (Å²) in [4.78, 5) is 0. The summed E-state index contributed by atoms with van der Waals surface area (Å²) in [6, 6.07) is 0. The molecule has 0 fully saturated rings. The Hall–Kier alpha value is 1.81. The number of rotatable bonds is 22. The van der Waals surface area contributed by atoms with E-state index in [-0.39, 0.29) is 0 Å². The second kappa shape index (κ2) is 19.1. The molecule has 0 radical (unpaired) electrons. The van der Waals surface area contributed by atoms with E-state index < -0.39 is 44.8 Å². The first-order chi connectivity index (χ1) is 14.8. The summed E-state index contributed by atoms with van der Waals surface area (Å²) in [7, 11) is -1.09. The van der Waals surface area contributed by atoms with Gasteiger partial charge in [0.1, 0.15) is 0 Å². The first kappa shape index (κ1) is 32.8. The van der Waals surface area contributed by atoms with Gasteiger partial charge in [-0.15, -0.1) is 0 Å². The predicted molar refractivity (Wildman–Crippen MR) is 157 cm³/mol. The van der Waals surface area contributed by atoms with Gasteiger partial charge >= 0.3 is 211 Å².